The molecule has 1 aromatic rings. The summed E-state index contributed by atoms with van der Waals surface area (Å²) in [5.41, 5.74) is 0.349. The van der Waals surface area contributed by atoms with E-state index in [0.29, 0.717) is 18.5 Å². The molecule has 13 heavy (non-hydrogen) atoms. The Bertz CT molecular complexity index is 331. The highest BCUT2D eigenvalue weighted by Crippen LogP contribution is 2.15. The van der Waals surface area contributed by atoms with Crippen LogP contribution in [-0.2, 0) is 11.2 Å². The predicted octanol–water partition coefficient (Wildman–Crippen LogP) is 0.839. The molecule has 0 amide bonds. The van der Waals surface area contributed by atoms with Gasteiger partial charge in [-0.05, 0) is 6.92 Å². The Morgan fingerprint density at radius 2 is 2.46 bits per heavy atom. The first-order valence-electron chi connectivity index (χ1n) is 3.77. The molecule has 0 fully saturated rings. The number of ketones is 1. The number of aryl methyl sites for hydroxylation is 1. The van der Waals surface area contributed by atoms with Gasteiger partial charge >= 0.3 is 5.69 Å². The number of hydrogen-bond acceptors (Lipinski definition) is 4. The van der Waals surface area contributed by atoms with Gasteiger partial charge in [0.1, 0.15) is 17.7 Å². The molecule has 0 saturated carbocycles. The number of hydrogen-bond donors (Lipinski definition) is 1. The van der Waals surface area contributed by atoms with Gasteiger partial charge in [0.15, 0.2) is 0 Å². The average Bonchev–Trinajstić information content (AvgIpc) is 2.47. The Hall–Kier alpha value is -1.72. The van der Waals surface area contributed by atoms with Gasteiger partial charge in [-0.25, -0.2) is 0 Å². The Morgan fingerprint density at radius 3 is 3.00 bits per heavy atom. The molecule has 6 nitrogen and oxygen atoms in total. The summed E-state index contributed by atoms with van der Waals surface area (Å²) in [6.45, 7) is 1.45. The van der Waals surface area contributed by atoms with Crippen LogP contribution in [0.15, 0.2) is 6.20 Å². The fourth-order valence-corrected chi connectivity index (χ4v) is 0.949. The third-order valence-electron chi connectivity index (χ3n) is 1.62. The van der Waals surface area contributed by atoms with Crippen molar-refractivity contribution < 1.29 is 9.72 Å². The maximum atomic E-state index is 10.6. The molecule has 1 aromatic heterocycles. The quantitative estimate of drug-likeness (QED) is 0.553. The zero-order chi connectivity index (χ0) is 9.84. The van der Waals surface area contributed by atoms with Gasteiger partial charge < -0.3 is 4.79 Å². The van der Waals surface area contributed by atoms with Gasteiger partial charge in [0.25, 0.3) is 0 Å². The number of nitrogens with zero attached hydrogens (tertiary/aromatic N) is 2. The summed E-state index contributed by atoms with van der Waals surface area (Å²) in [6, 6.07) is 0. The van der Waals surface area contributed by atoms with E-state index in [4.69, 9.17) is 0 Å². The molecule has 1 N–H and O–H groups in total. The van der Waals surface area contributed by atoms with Crippen molar-refractivity contribution in [2.45, 2.75) is 19.8 Å². The van der Waals surface area contributed by atoms with Crippen LogP contribution < -0.4 is 0 Å². The van der Waals surface area contributed by atoms with E-state index < -0.39 is 4.92 Å². The minimum atomic E-state index is -0.515. The van der Waals surface area contributed by atoms with Crippen LogP contribution in [0.5, 0.6) is 0 Å². The Balaban J connectivity index is 2.71. The van der Waals surface area contributed by atoms with Crippen LogP contribution >= 0.6 is 0 Å². The van der Waals surface area contributed by atoms with Crippen molar-refractivity contribution in [2.24, 2.45) is 0 Å². The second kappa shape index (κ2) is 3.79. The first-order chi connectivity index (χ1) is 6.11. The van der Waals surface area contributed by atoms with Gasteiger partial charge in [0.2, 0.25) is 0 Å². The van der Waals surface area contributed by atoms with Crippen molar-refractivity contribution in [3.63, 3.8) is 0 Å². The number of aromatic amines is 1. The molecule has 0 saturated heterocycles. The number of nitro groups is 1. The van der Waals surface area contributed by atoms with Crippen molar-refractivity contribution in [1.82, 2.24) is 10.2 Å². The number of nitrogens with one attached hydrogen (secondary N) is 1. The van der Waals surface area contributed by atoms with E-state index in [1.807, 2.05) is 0 Å². The lowest BCUT2D eigenvalue weighted by molar-refractivity contribution is -0.385. The fourth-order valence-electron chi connectivity index (χ4n) is 0.949. The van der Waals surface area contributed by atoms with Crippen LogP contribution in [0.1, 0.15) is 19.0 Å². The lowest BCUT2D eigenvalue weighted by Crippen LogP contribution is -1.97. The molecule has 70 valence electrons. The Labute approximate surface area is 74.1 Å². The lowest BCUT2D eigenvalue weighted by atomic mass is 10.2. The SMILES string of the molecule is CC(=O)CCc1[nH]ncc1[N+](=O)[O-]. The number of aromatic nitrogens is 2. The largest absolute Gasteiger partial charge is 0.309 e. The predicted molar refractivity (Wildman–Crippen MR) is 44.2 cm³/mol. The van der Waals surface area contributed by atoms with Crippen LogP contribution in [0.25, 0.3) is 0 Å². The number of carbonyl (C=O) groups is 1. The molecule has 0 bridgehead atoms. The van der Waals surface area contributed by atoms with Crippen molar-refractivity contribution >= 4 is 11.5 Å². The molecule has 0 unspecified atom stereocenters. The topological polar surface area (TPSA) is 88.9 Å². The normalized spacial score (nSPS) is 9.92. The maximum absolute atomic E-state index is 10.6. The monoisotopic (exact) mass is 183 g/mol. The second-order valence-electron chi connectivity index (χ2n) is 2.69. The summed E-state index contributed by atoms with van der Waals surface area (Å²) in [4.78, 5) is 20.5. The van der Waals surface area contributed by atoms with E-state index in [1.54, 1.807) is 0 Å². The van der Waals surface area contributed by atoms with E-state index in [1.165, 1.54) is 6.92 Å². The molecular formula is C7H9N3O3. The van der Waals surface area contributed by atoms with E-state index in [0.717, 1.165) is 6.20 Å². The second-order valence-corrected chi connectivity index (χ2v) is 2.69. The average molecular weight is 183 g/mol. The molecule has 0 radical (unpaired) electrons. The van der Waals surface area contributed by atoms with Gasteiger partial charge in [-0.2, -0.15) is 5.10 Å². The van der Waals surface area contributed by atoms with Crippen molar-refractivity contribution in [2.75, 3.05) is 0 Å². The minimum absolute atomic E-state index is 0.00361. The molecule has 0 atom stereocenters. The third kappa shape index (κ3) is 2.36. The van der Waals surface area contributed by atoms with Crippen LogP contribution in [0.2, 0.25) is 0 Å². The highest BCUT2D eigenvalue weighted by atomic mass is 16.6. The van der Waals surface area contributed by atoms with Crippen molar-refractivity contribution in [1.29, 1.82) is 0 Å². The highest BCUT2D eigenvalue weighted by molar-refractivity contribution is 5.75. The summed E-state index contributed by atoms with van der Waals surface area (Å²) in [5.74, 6) is 0.00361. The van der Waals surface area contributed by atoms with E-state index in [2.05, 4.69) is 10.2 Å². The van der Waals surface area contributed by atoms with Gasteiger partial charge in [0.05, 0.1) is 4.92 Å². The number of carbonyl (C=O) groups excluding carboxylic acids is 1. The molecular weight excluding hydrogens is 174 g/mol. The Kier molecular flexibility index (Phi) is 2.73. The maximum Gasteiger partial charge on any atom is 0.309 e. The first kappa shape index (κ1) is 9.37. The molecule has 0 aliphatic rings. The minimum Gasteiger partial charge on any atom is -0.300 e. The van der Waals surface area contributed by atoms with Crippen LogP contribution in [0.3, 0.4) is 0 Å². The van der Waals surface area contributed by atoms with Crippen LogP contribution in [-0.4, -0.2) is 20.9 Å². The summed E-state index contributed by atoms with van der Waals surface area (Å²) in [7, 11) is 0. The zero-order valence-electron chi connectivity index (χ0n) is 7.11. The molecule has 6 heteroatoms. The van der Waals surface area contributed by atoms with Gasteiger partial charge in [-0.15, -0.1) is 0 Å². The van der Waals surface area contributed by atoms with E-state index in [-0.39, 0.29) is 11.5 Å². The van der Waals surface area contributed by atoms with Gasteiger partial charge in [0, 0.05) is 12.8 Å². The molecule has 0 spiro atoms. The fraction of sp³-hybridized carbons (Fsp3) is 0.429. The standard InChI is InChI=1S/C7H9N3O3/c1-5(11)2-3-6-7(10(12)13)4-8-9-6/h4H,2-3H2,1H3,(H,8,9). The first-order valence-corrected chi connectivity index (χ1v) is 3.77. The summed E-state index contributed by atoms with van der Waals surface area (Å²) < 4.78 is 0. The zero-order valence-corrected chi connectivity index (χ0v) is 7.11. The van der Waals surface area contributed by atoms with Crippen molar-refractivity contribution in [3.05, 3.63) is 22.0 Å². The Morgan fingerprint density at radius 1 is 1.77 bits per heavy atom. The van der Waals surface area contributed by atoms with E-state index >= 15 is 0 Å². The van der Waals surface area contributed by atoms with Gasteiger partial charge in [-0.3, -0.25) is 15.2 Å². The number of Topliss-reactive ketones (excluding diaryl/α,β-unsaturated/α-hetero) is 1. The molecule has 1 heterocycles. The lowest BCUT2D eigenvalue weighted by Gasteiger charge is -1.93. The highest BCUT2D eigenvalue weighted by Gasteiger charge is 2.15. The van der Waals surface area contributed by atoms with Gasteiger partial charge in [-0.1, -0.05) is 0 Å². The smallest absolute Gasteiger partial charge is 0.300 e. The molecule has 0 aliphatic heterocycles. The van der Waals surface area contributed by atoms with Crippen LogP contribution in [0.4, 0.5) is 5.69 Å². The summed E-state index contributed by atoms with van der Waals surface area (Å²) in [6.07, 6.45) is 1.78. The molecule has 0 aliphatic carbocycles. The summed E-state index contributed by atoms with van der Waals surface area (Å²) in [5, 5.41) is 16.4. The van der Waals surface area contributed by atoms with E-state index in [9.17, 15) is 14.9 Å². The summed E-state index contributed by atoms with van der Waals surface area (Å²) >= 11 is 0. The molecule has 1 rings (SSSR count). The molecule has 0 aromatic carbocycles. The van der Waals surface area contributed by atoms with Crippen LogP contribution in [0, 0.1) is 10.1 Å². The third-order valence-corrected chi connectivity index (χ3v) is 1.62. The van der Waals surface area contributed by atoms with Crippen molar-refractivity contribution in [3.8, 4) is 0 Å². The number of rotatable bonds is 4. The number of H-pyrrole nitrogens is 1.